The van der Waals surface area contributed by atoms with Crippen LogP contribution in [0.3, 0.4) is 0 Å². The molecule has 4 nitrogen and oxygen atoms in total. The van der Waals surface area contributed by atoms with Crippen LogP contribution in [0.4, 0.5) is 0 Å². The van der Waals surface area contributed by atoms with Crippen molar-refractivity contribution >= 4 is 11.8 Å². The summed E-state index contributed by atoms with van der Waals surface area (Å²) >= 11 is 0. The van der Waals surface area contributed by atoms with E-state index in [4.69, 9.17) is 4.74 Å². The summed E-state index contributed by atoms with van der Waals surface area (Å²) in [6, 6.07) is 7.57. The number of carbonyl (C=O) groups is 2. The van der Waals surface area contributed by atoms with Crippen molar-refractivity contribution in [1.82, 2.24) is 4.90 Å². The Morgan fingerprint density at radius 3 is 2.32 bits per heavy atom. The fraction of sp³-hybridized carbons (Fsp3) is 0.556. The molecule has 0 fully saturated rings. The van der Waals surface area contributed by atoms with Crippen LogP contribution in [0.5, 0.6) is 0 Å². The molecule has 0 aliphatic rings. The lowest BCUT2D eigenvalue weighted by Crippen LogP contribution is -2.25. The Labute approximate surface area is 133 Å². The Kier molecular flexibility index (Phi) is 8.44. The Morgan fingerprint density at radius 1 is 1.09 bits per heavy atom. The molecule has 122 valence electrons. The van der Waals surface area contributed by atoms with E-state index in [1.807, 2.05) is 12.1 Å². The van der Waals surface area contributed by atoms with Gasteiger partial charge in [0, 0.05) is 13.0 Å². The van der Waals surface area contributed by atoms with Crippen molar-refractivity contribution in [3.8, 4) is 0 Å². The number of nitrogens with zero attached hydrogens (tertiary/aromatic N) is 1. The first kappa shape index (κ1) is 18.4. The third kappa shape index (κ3) is 6.85. The van der Waals surface area contributed by atoms with Gasteiger partial charge in [0.05, 0.1) is 12.7 Å². The molecule has 4 heteroatoms. The largest absolute Gasteiger partial charge is 0.465 e. The maximum Gasteiger partial charge on any atom is 0.337 e. The number of benzene rings is 1. The molecule has 0 radical (unpaired) electrons. The summed E-state index contributed by atoms with van der Waals surface area (Å²) in [7, 11) is 1.39. The van der Waals surface area contributed by atoms with Crippen LogP contribution in [0, 0.1) is 0 Å². The zero-order valence-electron chi connectivity index (χ0n) is 13.9. The van der Waals surface area contributed by atoms with Gasteiger partial charge >= 0.3 is 5.97 Å². The number of esters is 1. The van der Waals surface area contributed by atoms with Crippen LogP contribution in [0.2, 0.25) is 0 Å². The van der Waals surface area contributed by atoms with Gasteiger partial charge in [-0.3, -0.25) is 4.90 Å². The maximum absolute atomic E-state index is 11.4. The summed E-state index contributed by atoms with van der Waals surface area (Å²) in [5.41, 5.74) is 1.77. The van der Waals surface area contributed by atoms with Crippen molar-refractivity contribution in [3.05, 3.63) is 35.4 Å². The molecular weight excluding hydrogens is 278 g/mol. The molecule has 0 unspecified atom stereocenters. The Bertz CT molecular complexity index is 468. The second-order valence-electron chi connectivity index (χ2n) is 5.62. The minimum atomic E-state index is -0.304. The summed E-state index contributed by atoms with van der Waals surface area (Å²) in [5, 5.41) is 0. The van der Waals surface area contributed by atoms with Gasteiger partial charge in [0.1, 0.15) is 5.78 Å². The number of ether oxygens (including phenoxy) is 1. The third-order valence-corrected chi connectivity index (χ3v) is 3.57. The van der Waals surface area contributed by atoms with Gasteiger partial charge in [-0.25, -0.2) is 4.79 Å². The van der Waals surface area contributed by atoms with Gasteiger partial charge in [-0.2, -0.15) is 0 Å². The van der Waals surface area contributed by atoms with Gasteiger partial charge in [0.25, 0.3) is 0 Å². The lowest BCUT2D eigenvalue weighted by Gasteiger charge is -2.21. The number of methoxy groups -OCH3 is 1. The lowest BCUT2D eigenvalue weighted by molar-refractivity contribution is -0.117. The highest BCUT2D eigenvalue weighted by atomic mass is 16.5. The average Bonchev–Trinajstić information content (AvgIpc) is 2.51. The number of unbranched alkanes of at least 4 members (excludes halogenated alkanes) is 1. The zero-order valence-corrected chi connectivity index (χ0v) is 13.9. The van der Waals surface area contributed by atoms with Crippen LogP contribution in [0.25, 0.3) is 0 Å². The highest BCUT2D eigenvalue weighted by Crippen LogP contribution is 2.10. The number of hydrogen-bond donors (Lipinski definition) is 0. The summed E-state index contributed by atoms with van der Waals surface area (Å²) in [6.07, 6.45) is 3.78. The van der Waals surface area contributed by atoms with E-state index < -0.39 is 0 Å². The van der Waals surface area contributed by atoms with E-state index >= 15 is 0 Å². The van der Waals surface area contributed by atoms with Crippen LogP contribution < -0.4 is 0 Å². The molecule has 0 saturated heterocycles. The SMILES string of the molecule is CCCN(CCCCC(C)=O)Cc1ccc(C(=O)OC)cc1. The fourth-order valence-electron chi connectivity index (χ4n) is 2.42. The number of hydrogen-bond acceptors (Lipinski definition) is 4. The van der Waals surface area contributed by atoms with Crippen LogP contribution in [0.15, 0.2) is 24.3 Å². The minimum absolute atomic E-state index is 0.264. The molecule has 0 heterocycles. The molecule has 0 amide bonds. The summed E-state index contributed by atoms with van der Waals surface area (Å²) < 4.78 is 4.70. The molecule has 0 spiro atoms. The van der Waals surface area contributed by atoms with Crippen LogP contribution in [0.1, 0.15) is 55.5 Å². The van der Waals surface area contributed by atoms with Crippen molar-refractivity contribution in [3.63, 3.8) is 0 Å². The molecule has 0 aliphatic carbocycles. The third-order valence-electron chi connectivity index (χ3n) is 3.57. The number of carbonyl (C=O) groups excluding carboxylic acids is 2. The molecule has 0 N–H and O–H groups in total. The highest BCUT2D eigenvalue weighted by Gasteiger charge is 2.08. The summed E-state index contributed by atoms with van der Waals surface area (Å²) in [6.45, 7) is 6.73. The fourth-order valence-corrected chi connectivity index (χ4v) is 2.42. The summed E-state index contributed by atoms with van der Waals surface area (Å²) in [4.78, 5) is 24.8. The molecule has 1 aromatic rings. The highest BCUT2D eigenvalue weighted by molar-refractivity contribution is 5.89. The van der Waals surface area contributed by atoms with Crippen molar-refractivity contribution < 1.29 is 14.3 Å². The average molecular weight is 305 g/mol. The van der Waals surface area contributed by atoms with Crippen molar-refractivity contribution in [2.24, 2.45) is 0 Å². The van der Waals surface area contributed by atoms with E-state index in [9.17, 15) is 9.59 Å². The standard InChI is InChI=1S/C18H27NO3/c1-4-12-19(13-6-5-7-15(2)20)14-16-8-10-17(11-9-16)18(21)22-3/h8-11H,4-7,12-14H2,1-3H3. The molecular formula is C18H27NO3. The monoisotopic (exact) mass is 305 g/mol. The van der Waals surface area contributed by atoms with E-state index in [2.05, 4.69) is 11.8 Å². The molecule has 22 heavy (non-hydrogen) atoms. The second kappa shape index (κ2) is 10.1. The topological polar surface area (TPSA) is 46.6 Å². The van der Waals surface area contributed by atoms with Crippen molar-refractivity contribution in [2.75, 3.05) is 20.2 Å². The number of rotatable bonds is 10. The maximum atomic E-state index is 11.4. The van der Waals surface area contributed by atoms with E-state index in [1.165, 1.54) is 12.7 Å². The molecule has 0 aliphatic heterocycles. The predicted molar refractivity (Wildman–Crippen MR) is 87.9 cm³/mol. The van der Waals surface area contributed by atoms with E-state index in [0.29, 0.717) is 12.0 Å². The smallest absolute Gasteiger partial charge is 0.337 e. The minimum Gasteiger partial charge on any atom is -0.465 e. The predicted octanol–water partition coefficient (Wildman–Crippen LogP) is 3.44. The van der Waals surface area contributed by atoms with Crippen LogP contribution in [-0.2, 0) is 16.1 Å². The van der Waals surface area contributed by atoms with Gasteiger partial charge in [-0.15, -0.1) is 0 Å². The van der Waals surface area contributed by atoms with E-state index in [1.54, 1.807) is 19.1 Å². The van der Waals surface area contributed by atoms with Gasteiger partial charge in [0.15, 0.2) is 0 Å². The van der Waals surface area contributed by atoms with E-state index in [-0.39, 0.29) is 11.8 Å². The molecule has 0 saturated carbocycles. The van der Waals surface area contributed by atoms with Crippen molar-refractivity contribution in [2.45, 2.75) is 46.1 Å². The Balaban J connectivity index is 2.51. The normalized spacial score (nSPS) is 10.7. The van der Waals surface area contributed by atoms with Gasteiger partial charge < -0.3 is 9.53 Å². The van der Waals surface area contributed by atoms with E-state index in [0.717, 1.165) is 38.9 Å². The molecule has 0 aromatic heterocycles. The van der Waals surface area contributed by atoms with Gasteiger partial charge in [-0.05, 0) is 57.0 Å². The first-order chi connectivity index (χ1) is 10.6. The number of ketones is 1. The number of Topliss-reactive ketones (excluding diaryl/α,β-unsaturated/α-hetero) is 1. The quantitative estimate of drug-likeness (QED) is 0.491. The molecule has 1 rings (SSSR count). The Hall–Kier alpha value is -1.68. The first-order valence-corrected chi connectivity index (χ1v) is 7.95. The van der Waals surface area contributed by atoms with Crippen LogP contribution >= 0.6 is 0 Å². The zero-order chi connectivity index (χ0) is 16.4. The van der Waals surface area contributed by atoms with Gasteiger partial charge in [-0.1, -0.05) is 19.1 Å². The summed E-state index contributed by atoms with van der Waals surface area (Å²) in [5.74, 6) is -0.0402. The van der Waals surface area contributed by atoms with Gasteiger partial charge in [0.2, 0.25) is 0 Å². The van der Waals surface area contributed by atoms with Crippen molar-refractivity contribution in [1.29, 1.82) is 0 Å². The lowest BCUT2D eigenvalue weighted by atomic mass is 10.1. The molecule has 0 bridgehead atoms. The van der Waals surface area contributed by atoms with Crippen LogP contribution in [-0.4, -0.2) is 36.9 Å². The molecule has 1 aromatic carbocycles. The molecule has 0 atom stereocenters. The Morgan fingerprint density at radius 2 is 1.77 bits per heavy atom. The first-order valence-electron chi connectivity index (χ1n) is 7.95. The second-order valence-corrected chi connectivity index (χ2v) is 5.62.